The Kier molecular flexibility index (Phi) is 6.48. The summed E-state index contributed by atoms with van der Waals surface area (Å²) in [4.78, 5) is 29.3. The number of carbonyl (C=O) groups excluding carboxylic acids is 1. The molecule has 11 heteroatoms. The Morgan fingerprint density at radius 1 is 1.14 bits per heavy atom. The monoisotopic (exact) mass is 524 g/mol. The van der Waals surface area contributed by atoms with Gasteiger partial charge in [0.05, 0.1) is 15.8 Å². The number of alkyl halides is 4. The molecular weight excluding hydrogens is 500 g/mol. The standard InChI is InChI=1S/C25H24F4N2O4S/c1-23(2,3)19(21(33)34)31-20(32)15-8-9-16-17(30-22(36-16)24(26)10-11-24)18(15)35-12-13-4-6-14(7-5-13)25(27,28)29/h4-9,19H,10-12H2,1-3H3,(H,31,32)(H,33,34)/t19-/m1/s1. The molecule has 0 radical (unpaired) electrons. The Labute approximate surface area is 208 Å². The van der Waals surface area contributed by atoms with Crippen molar-refractivity contribution in [2.75, 3.05) is 0 Å². The smallest absolute Gasteiger partial charge is 0.416 e. The maximum absolute atomic E-state index is 14.7. The van der Waals surface area contributed by atoms with Crippen molar-refractivity contribution in [3.63, 3.8) is 0 Å². The summed E-state index contributed by atoms with van der Waals surface area (Å²) in [6, 6.07) is 6.20. The SMILES string of the molecule is CC(C)(C)[C@H](NC(=O)c1ccc2sc(C3(F)CC3)nc2c1OCc1ccc(C(F)(F)F)cc1)C(=O)O. The Morgan fingerprint density at radius 3 is 2.31 bits per heavy atom. The zero-order valence-corrected chi connectivity index (χ0v) is 20.5. The van der Waals surface area contributed by atoms with Crippen LogP contribution in [-0.2, 0) is 23.2 Å². The number of halogens is 4. The zero-order valence-electron chi connectivity index (χ0n) is 19.7. The summed E-state index contributed by atoms with van der Waals surface area (Å²) in [6.07, 6.45) is -3.80. The fourth-order valence-corrected chi connectivity index (χ4v) is 4.72. The van der Waals surface area contributed by atoms with E-state index in [1.807, 2.05) is 0 Å². The highest BCUT2D eigenvalue weighted by molar-refractivity contribution is 7.18. The number of benzene rings is 2. The van der Waals surface area contributed by atoms with Crippen LogP contribution in [0.2, 0.25) is 0 Å². The zero-order chi connectivity index (χ0) is 26.5. The molecule has 2 aromatic carbocycles. The summed E-state index contributed by atoms with van der Waals surface area (Å²) in [6.45, 7) is 4.81. The van der Waals surface area contributed by atoms with Crippen molar-refractivity contribution in [3.05, 3.63) is 58.1 Å². The first-order valence-electron chi connectivity index (χ1n) is 11.1. The molecular formula is C25H24F4N2O4S. The first-order valence-corrected chi connectivity index (χ1v) is 12.0. The molecule has 0 spiro atoms. The summed E-state index contributed by atoms with van der Waals surface area (Å²) in [5, 5.41) is 12.4. The normalized spacial score (nSPS) is 16.0. The van der Waals surface area contributed by atoms with Crippen LogP contribution in [0.1, 0.15) is 60.1 Å². The molecule has 192 valence electrons. The molecule has 36 heavy (non-hydrogen) atoms. The van der Waals surface area contributed by atoms with Gasteiger partial charge in [-0.1, -0.05) is 32.9 Å². The quantitative estimate of drug-likeness (QED) is 0.366. The van der Waals surface area contributed by atoms with E-state index in [0.717, 1.165) is 23.5 Å². The van der Waals surface area contributed by atoms with Gasteiger partial charge in [-0.15, -0.1) is 11.3 Å². The molecule has 0 saturated heterocycles. The number of amides is 1. The van der Waals surface area contributed by atoms with Crippen LogP contribution in [0.4, 0.5) is 17.6 Å². The van der Waals surface area contributed by atoms with Crippen LogP contribution in [0.15, 0.2) is 36.4 Å². The van der Waals surface area contributed by atoms with Gasteiger partial charge >= 0.3 is 12.1 Å². The van der Waals surface area contributed by atoms with Crippen molar-refractivity contribution in [3.8, 4) is 5.75 Å². The minimum Gasteiger partial charge on any atom is -0.486 e. The van der Waals surface area contributed by atoms with E-state index in [4.69, 9.17) is 4.74 Å². The predicted molar refractivity (Wildman–Crippen MR) is 126 cm³/mol. The van der Waals surface area contributed by atoms with Gasteiger partial charge in [-0.3, -0.25) is 4.79 Å². The molecule has 1 aliphatic rings. The lowest BCUT2D eigenvalue weighted by Gasteiger charge is -2.28. The number of ether oxygens (including phenoxy) is 1. The first-order chi connectivity index (χ1) is 16.7. The lowest BCUT2D eigenvalue weighted by molar-refractivity contribution is -0.142. The topological polar surface area (TPSA) is 88.5 Å². The van der Waals surface area contributed by atoms with Crippen LogP contribution >= 0.6 is 11.3 Å². The highest BCUT2D eigenvalue weighted by Gasteiger charge is 2.48. The number of fused-ring (bicyclic) bond motifs is 1. The molecule has 0 bridgehead atoms. The van der Waals surface area contributed by atoms with Crippen LogP contribution in [0.5, 0.6) is 5.75 Å². The van der Waals surface area contributed by atoms with Crippen LogP contribution in [0, 0.1) is 5.41 Å². The van der Waals surface area contributed by atoms with Gasteiger partial charge < -0.3 is 15.2 Å². The average molecular weight is 525 g/mol. The van der Waals surface area contributed by atoms with Gasteiger partial charge in [-0.05, 0) is 48.1 Å². The maximum Gasteiger partial charge on any atom is 0.416 e. The minimum absolute atomic E-state index is 0.00883. The predicted octanol–water partition coefficient (Wildman–Crippen LogP) is 6.08. The van der Waals surface area contributed by atoms with Crippen molar-refractivity contribution in [2.24, 2.45) is 5.41 Å². The van der Waals surface area contributed by atoms with E-state index >= 15 is 0 Å². The third-order valence-corrected chi connectivity index (χ3v) is 7.08. The number of hydrogen-bond donors (Lipinski definition) is 2. The van der Waals surface area contributed by atoms with Gasteiger partial charge in [0.2, 0.25) is 0 Å². The Balaban J connectivity index is 1.69. The van der Waals surface area contributed by atoms with E-state index in [9.17, 15) is 32.3 Å². The number of nitrogens with zero attached hydrogens (tertiary/aromatic N) is 1. The van der Waals surface area contributed by atoms with Gasteiger partial charge in [0.25, 0.3) is 5.91 Å². The average Bonchev–Trinajstić information content (AvgIpc) is 3.37. The van der Waals surface area contributed by atoms with Gasteiger partial charge in [0, 0.05) is 0 Å². The van der Waals surface area contributed by atoms with Crippen LogP contribution in [0.25, 0.3) is 10.2 Å². The van der Waals surface area contributed by atoms with E-state index in [1.165, 1.54) is 18.2 Å². The molecule has 0 unspecified atom stereocenters. The second kappa shape index (κ2) is 9.02. The lowest BCUT2D eigenvalue weighted by Crippen LogP contribution is -2.49. The number of hydrogen-bond acceptors (Lipinski definition) is 5. The number of carboxylic acid groups (broad SMARTS) is 1. The summed E-state index contributed by atoms with van der Waals surface area (Å²) in [5.41, 5.74) is -2.49. The van der Waals surface area contributed by atoms with Crippen LogP contribution < -0.4 is 10.1 Å². The fraction of sp³-hybridized carbons (Fsp3) is 0.400. The molecule has 0 aliphatic heterocycles. The lowest BCUT2D eigenvalue weighted by atomic mass is 9.86. The number of carbonyl (C=O) groups is 2. The van der Waals surface area contributed by atoms with Crippen molar-refractivity contribution >= 4 is 33.4 Å². The maximum atomic E-state index is 14.7. The molecule has 4 rings (SSSR count). The van der Waals surface area contributed by atoms with Crippen molar-refractivity contribution < 1.29 is 37.0 Å². The van der Waals surface area contributed by atoms with Crippen molar-refractivity contribution in [2.45, 2.75) is 58.1 Å². The largest absolute Gasteiger partial charge is 0.486 e. The van der Waals surface area contributed by atoms with Crippen molar-refractivity contribution in [1.82, 2.24) is 10.3 Å². The van der Waals surface area contributed by atoms with Gasteiger partial charge in [-0.25, -0.2) is 14.2 Å². The Morgan fingerprint density at radius 2 is 1.78 bits per heavy atom. The van der Waals surface area contributed by atoms with Crippen molar-refractivity contribution in [1.29, 1.82) is 0 Å². The van der Waals surface area contributed by atoms with E-state index in [1.54, 1.807) is 26.8 Å². The Hall–Kier alpha value is -3.21. The van der Waals surface area contributed by atoms with Gasteiger partial charge in [0.1, 0.15) is 23.2 Å². The second-order valence-electron chi connectivity index (χ2n) is 9.87. The fourth-order valence-electron chi connectivity index (χ4n) is 3.61. The van der Waals surface area contributed by atoms with Crippen LogP contribution in [0.3, 0.4) is 0 Å². The molecule has 1 heterocycles. The van der Waals surface area contributed by atoms with Crippen LogP contribution in [-0.4, -0.2) is 28.0 Å². The number of thiazole rings is 1. The highest BCUT2D eigenvalue weighted by Crippen LogP contribution is 2.52. The molecule has 1 aliphatic carbocycles. The number of nitrogens with one attached hydrogen (secondary N) is 1. The molecule has 1 amide bonds. The van der Waals surface area contributed by atoms with E-state index in [0.29, 0.717) is 23.1 Å². The van der Waals surface area contributed by atoms with Gasteiger partial charge in [0.15, 0.2) is 11.4 Å². The number of carboxylic acids is 1. The minimum atomic E-state index is -4.48. The Bertz CT molecular complexity index is 1310. The van der Waals surface area contributed by atoms with E-state index in [2.05, 4.69) is 10.3 Å². The molecule has 1 saturated carbocycles. The first kappa shape index (κ1) is 25.9. The summed E-state index contributed by atoms with van der Waals surface area (Å²) >= 11 is 1.13. The second-order valence-corrected chi connectivity index (χ2v) is 10.9. The highest BCUT2D eigenvalue weighted by atomic mass is 32.1. The number of aliphatic carboxylic acids is 1. The third kappa shape index (κ3) is 5.30. The molecule has 3 aromatic rings. The molecule has 1 fully saturated rings. The number of rotatable bonds is 7. The summed E-state index contributed by atoms with van der Waals surface area (Å²) in [7, 11) is 0. The summed E-state index contributed by atoms with van der Waals surface area (Å²) < 4.78 is 59.8. The van der Waals surface area contributed by atoms with E-state index in [-0.39, 0.29) is 28.4 Å². The third-order valence-electron chi connectivity index (χ3n) is 5.88. The number of aromatic nitrogens is 1. The van der Waals surface area contributed by atoms with E-state index < -0.39 is 40.7 Å². The summed E-state index contributed by atoms with van der Waals surface area (Å²) in [5.74, 6) is -1.93. The van der Waals surface area contributed by atoms with Gasteiger partial charge in [-0.2, -0.15) is 13.2 Å². The molecule has 1 atom stereocenters. The molecule has 2 N–H and O–H groups in total. The molecule has 1 aromatic heterocycles. The molecule has 6 nitrogen and oxygen atoms in total.